The molecule has 2 aromatic carbocycles. The van der Waals surface area contributed by atoms with Crippen LogP contribution in [0.25, 0.3) is 22.8 Å². The van der Waals surface area contributed by atoms with E-state index in [1.165, 1.54) is 12.1 Å². The van der Waals surface area contributed by atoms with Crippen molar-refractivity contribution >= 4 is 5.91 Å². The molecule has 1 aliphatic heterocycles. The van der Waals surface area contributed by atoms with E-state index in [0.29, 0.717) is 30.6 Å². The maximum atomic E-state index is 13.8. The minimum absolute atomic E-state index is 0.0801. The molecule has 0 unspecified atom stereocenters. The Balaban J connectivity index is 1.19. The summed E-state index contributed by atoms with van der Waals surface area (Å²) in [5, 5.41) is 4.02. The Kier molecular flexibility index (Phi) is 4.87. The van der Waals surface area contributed by atoms with Gasteiger partial charge in [0.15, 0.2) is 0 Å². The van der Waals surface area contributed by atoms with E-state index < -0.39 is 5.82 Å². The van der Waals surface area contributed by atoms with Gasteiger partial charge in [0.05, 0.1) is 18.7 Å². The van der Waals surface area contributed by atoms with Crippen LogP contribution in [0.4, 0.5) is 4.39 Å². The van der Waals surface area contributed by atoms with Gasteiger partial charge in [-0.25, -0.2) is 4.39 Å². The molecule has 1 fully saturated rings. The first-order valence-corrected chi connectivity index (χ1v) is 9.72. The molecular weight excluding hydrogens is 399 g/mol. The Morgan fingerprint density at radius 2 is 1.74 bits per heavy atom. The Morgan fingerprint density at radius 3 is 2.48 bits per heavy atom. The van der Waals surface area contributed by atoms with Crippen LogP contribution in [0.5, 0.6) is 5.75 Å². The number of hydrogen-bond donors (Lipinski definition) is 0. The van der Waals surface area contributed by atoms with Gasteiger partial charge in [-0.1, -0.05) is 17.3 Å². The second-order valence-electron chi connectivity index (χ2n) is 7.11. The van der Waals surface area contributed by atoms with E-state index in [1.54, 1.807) is 41.6 Å². The minimum atomic E-state index is -0.513. The number of ether oxygens (including phenoxy) is 1. The smallest absolute Gasteiger partial charge is 0.258 e. The minimum Gasteiger partial charge on any atom is -0.487 e. The van der Waals surface area contributed by atoms with Gasteiger partial charge < -0.3 is 14.2 Å². The zero-order valence-corrected chi connectivity index (χ0v) is 16.3. The summed E-state index contributed by atoms with van der Waals surface area (Å²) < 4.78 is 25.0. The van der Waals surface area contributed by atoms with Gasteiger partial charge in [0.25, 0.3) is 11.8 Å². The lowest BCUT2D eigenvalue weighted by Crippen LogP contribution is -2.56. The Bertz CT molecular complexity index is 1200. The Labute approximate surface area is 177 Å². The van der Waals surface area contributed by atoms with Crippen molar-refractivity contribution in [1.82, 2.24) is 20.0 Å². The molecule has 7 nitrogen and oxygen atoms in total. The summed E-state index contributed by atoms with van der Waals surface area (Å²) in [5.41, 5.74) is 1.67. The van der Waals surface area contributed by atoms with Crippen LogP contribution < -0.4 is 4.74 Å². The van der Waals surface area contributed by atoms with Crippen molar-refractivity contribution in [2.24, 2.45) is 0 Å². The second-order valence-corrected chi connectivity index (χ2v) is 7.11. The molecular formula is C23H17FN4O3. The third-order valence-corrected chi connectivity index (χ3v) is 5.01. The van der Waals surface area contributed by atoms with E-state index >= 15 is 0 Å². The molecule has 0 saturated carbocycles. The summed E-state index contributed by atoms with van der Waals surface area (Å²) in [4.78, 5) is 22.3. The van der Waals surface area contributed by atoms with E-state index in [0.717, 1.165) is 11.1 Å². The van der Waals surface area contributed by atoms with Crippen molar-refractivity contribution in [1.29, 1.82) is 0 Å². The predicted molar refractivity (Wildman–Crippen MR) is 110 cm³/mol. The van der Waals surface area contributed by atoms with E-state index in [2.05, 4.69) is 15.1 Å². The van der Waals surface area contributed by atoms with Gasteiger partial charge in [-0.2, -0.15) is 4.98 Å². The normalized spacial score (nSPS) is 13.6. The number of amides is 1. The molecule has 1 aliphatic rings. The van der Waals surface area contributed by atoms with E-state index in [9.17, 15) is 9.18 Å². The number of likely N-dealkylation sites (tertiary alicyclic amines) is 1. The fourth-order valence-electron chi connectivity index (χ4n) is 3.31. The van der Waals surface area contributed by atoms with Crippen LogP contribution in [0.1, 0.15) is 10.4 Å². The molecule has 5 rings (SSSR count). The van der Waals surface area contributed by atoms with Crippen LogP contribution in [-0.4, -0.2) is 45.1 Å². The summed E-state index contributed by atoms with van der Waals surface area (Å²) in [6.07, 6.45) is 3.19. The van der Waals surface area contributed by atoms with E-state index in [4.69, 9.17) is 9.26 Å². The first-order chi connectivity index (χ1) is 15.2. The quantitative estimate of drug-likeness (QED) is 0.492. The molecule has 0 atom stereocenters. The lowest BCUT2D eigenvalue weighted by Gasteiger charge is -2.39. The number of carbonyl (C=O) groups is 1. The van der Waals surface area contributed by atoms with Gasteiger partial charge in [0.2, 0.25) is 5.82 Å². The lowest BCUT2D eigenvalue weighted by molar-refractivity contribution is 0.0174. The van der Waals surface area contributed by atoms with Gasteiger partial charge in [-0.15, -0.1) is 0 Å². The van der Waals surface area contributed by atoms with Gasteiger partial charge in [-0.3, -0.25) is 9.78 Å². The summed E-state index contributed by atoms with van der Waals surface area (Å²) >= 11 is 0. The van der Waals surface area contributed by atoms with Crippen molar-refractivity contribution in [3.8, 4) is 28.6 Å². The average molecular weight is 416 g/mol. The summed E-state index contributed by atoms with van der Waals surface area (Å²) in [7, 11) is 0. The molecule has 1 amide bonds. The molecule has 8 heteroatoms. The standard InChI is InChI=1S/C23H17FN4O3/c24-20-4-2-1-3-19(20)23(29)28-13-18(14-28)30-17-7-5-15(6-8-17)21-26-22(31-27-21)16-9-11-25-12-10-16/h1-12,18H,13-14H2. The number of carbonyl (C=O) groups excluding carboxylic acids is 1. The number of rotatable bonds is 5. The van der Waals surface area contributed by atoms with Crippen LogP contribution in [0.3, 0.4) is 0 Å². The topological polar surface area (TPSA) is 81.4 Å². The predicted octanol–water partition coefficient (Wildman–Crippen LogP) is 3.84. The van der Waals surface area contributed by atoms with Crippen LogP contribution in [0, 0.1) is 5.82 Å². The molecule has 0 aliphatic carbocycles. The molecule has 154 valence electrons. The van der Waals surface area contributed by atoms with Gasteiger partial charge in [0, 0.05) is 23.5 Å². The summed E-state index contributed by atoms with van der Waals surface area (Å²) in [6.45, 7) is 0.824. The maximum Gasteiger partial charge on any atom is 0.258 e. The van der Waals surface area contributed by atoms with Crippen LogP contribution >= 0.6 is 0 Å². The number of pyridine rings is 1. The van der Waals surface area contributed by atoms with Gasteiger partial charge in [-0.05, 0) is 48.5 Å². The third-order valence-electron chi connectivity index (χ3n) is 5.01. The van der Waals surface area contributed by atoms with Crippen molar-refractivity contribution in [3.05, 3.63) is 84.4 Å². The third kappa shape index (κ3) is 3.87. The number of hydrogen-bond acceptors (Lipinski definition) is 6. The maximum absolute atomic E-state index is 13.8. The summed E-state index contributed by atoms with van der Waals surface area (Å²) in [5.74, 6) is 0.733. The SMILES string of the molecule is O=C(c1ccccc1F)N1CC(Oc2ccc(-c3noc(-c4ccncc4)n3)cc2)C1. The number of benzene rings is 2. The fourth-order valence-corrected chi connectivity index (χ4v) is 3.31. The molecule has 0 spiro atoms. The van der Waals surface area contributed by atoms with Crippen LogP contribution in [-0.2, 0) is 0 Å². The molecule has 0 radical (unpaired) electrons. The van der Waals surface area contributed by atoms with Crippen LogP contribution in [0.15, 0.2) is 77.6 Å². The molecule has 31 heavy (non-hydrogen) atoms. The molecule has 3 heterocycles. The highest BCUT2D eigenvalue weighted by Crippen LogP contribution is 2.25. The molecule has 2 aromatic heterocycles. The summed E-state index contributed by atoms with van der Waals surface area (Å²) in [6, 6.07) is 16.9. The first-order valence-electron chi connectivity index (χ1n) is 9.72. The number of aromatic nitrogens is 3. The highest BCUT2D eigenvalue weighted by Gasteiger charge is 2.33. The molecule has 4 aromatic rings. The second kappa shape index (κ2) is 7.98. The van der Waals surface area contributed by atoms with E-state index in [1.807, 2.05) is 24.3 Å². The Hall–Kier alpha value is -4.07. The zero-order chi connectivity index (χ0) is 21.2. The lowest BCUT2D eigenvalue weighted by atomic mass is 10.1. The molecule has 0 N–H and O–H groups in total. The molecule has 0 bridgehead atoms. The largest absolute Gasteiger partial charge is 0.487 e. The monoisotopic (exact) mass is 416 g/mol. The first kappa shape index (κ1) is 18.9. The highest BCUT2D eigenvalue weighted by molar-refractivity contribution is 5.95. The Morgan fingerprint density at radius 1 is 1.00 bits per heavy atom. The van der Waals surface area contributed by atoms with Gasteiger partial charge in [0.1, 0.15) is 17.7 Å². The van der Waals surface area contributed by atoms with Crippen molar-refractivity contribution in [2.45, 2.75) is 6.10 Å². The van der Waals surface area contributed by atoms with Crippen molar-refractivity contribution in [3.63, 3.8) is 0 Å². The zero-order valence-electron chi connectivity index (χ0n) is 16.3. The highest BCUT2D eigenvalue weighted by atomic mass is 19.1. The molecule has 1 saturated heterocycles. The van der Waals surface area contributed by atoms with Crippen molar-refractivity contribution < 1.29 is 18.4 Å². The van der Waals surface area contributed by atoms with E-state index in [-0.39, 0.29) is 17.6 Å². The van der Waals surface area contributed by atoms with Gasteiger partial charge >= 0.3 is 0 Å². The number of halogens is 1. The van der Waals surface area contributed by atoms with Crippen LogP contribution in [0.2, 0.25) is 0 Å². The average Bonchev–Trinajstić information content (AvgIpc) is 3.27. The number of nitrogens with zero attached hydrogens (tertiary/aromatic N) is 4. The van der Waals surface area contributed by atoms with Crippen molar-refractivity contribution in [2.75, 3.05) is 13.1 Å². The fraction of sp³-hybridized carbons (Fsp3) is 0.130.